The molecule has 2 unspecified atom stereocenters. The standard InChI is InChI=1S/C43H64N4O4/c1-29(2)18-17-24-44-39(49)51-35-26-31-19-13-14-20-32(31)37-38(34-22-16-15-21-33(34)35)47(46-45-37)42(9,10)23-25-50-43(11,12)36(48)28-41(7,8)27-30(3)40(4,5)6/h13-16,19-22,29-30,35H,17-18,23-28H2,1-12H3,(H,44,49). The number of hydrogen-bond donors (Lipinski definition) is 1. The summed E-state index contributed by atoms with van der Waals surface area (Å²) in [5.41, 5.74) is 4.16. The van der Waals surface area contributed by atoms with Crippen molar-refractivity contribution < 1.29 is 19.1 Å². The van der Waals surface area contributed by atoms with Crippen LogP contribution in [0.1, 0.15) is 132 Å². The Bertz CT molecular complexity index is 1650. The first-order valence-electron chi connectivity index (χ1n) is 19.0. The zero-order chi connectivity index (χ0) is 37.8. The maximum Gasteiger partial charge on any atom is 0.407 e. The number of carbonyl (C=O) groups excluding carboxylic acids is 2. The molecule has 1 aliphatic rings. The van der Waals surface area contributed by atoms with E-state index in [2.05, 4.69) is 92.8 Å². The first kappa shape index (κ1) is 40.3. The summed E-state index contributed by atoms with van der Waals surface area (Å²) in [7, 11) is 0. The minimum absolute atomic E-state index is 0.123. The van der Waals surface area contributed by atoms with Crippen molar-refractivity contribution in [2.45, 2.75) is 139 Å². The Morgan fingerprint density at radius 3 is 2.24 bits per heavy atom. The molecule has 3 aromatic rings. The fourth-order valence-electron chi connectivity index (χ4n) is 6.93. The van der Waals surface area contributed by atoms with Gasteiger partial charge in [0.25, 0.3) is 0 Å². The number of carbonyl (C=O) groups is 2. The molecule has 0 bridgehead atoms. The van der Waals surface area contributed by atoms with Crippen molar-refractivity contribution in [1.29, 1.82) is 0 Å². The lowest BCUT2D eigenvalue weighted by molar-refractivity contribution is -0.143. The molecule has 51 heavy (non-hydrogen) atoms. The number of alkyl carbamates (subject to hydrolysis) is 1. The second kappa shape index (κ2) is 16.0. The summed E-state index contributed by atoms with van der Waals surface area (Å²) < 4.78 is 14.6. The van der Waals surface area contributed by atoms with Crippen LogP contribution in [0.4, 0.5) is 4.79 Å². The number of hydrogen-bond acceptors (Lipinski definition) is 6. The highest BCUT2D eigenvalue weighted by molar-refractivity contribution is 5.87. The van der Waals surface area contributed by atoms with E-state index in [1.807, 2.05) is 48.9 Å². The van der Waals surface area contributed by atoms with Gasteiger partial charge in [0.15, 0.2) is 5.78 Å². The molecule has 4 rings (SSSR count). The maximum atomic E-state index is 13.6. The number of amides is 1. The summed E-state index contributed by atoms with van der Waals surface area (Å²) in [6.07, 6.45) is 3.60. The summed E-state index contributed by atoms with van der Waals surface area (Å²) in [4.78, 5) is 26.7. The molecule has 0 fully saturated rings. The predicted molar refractivity (Wildman–Crippen MR) is 207 cm³/mol. The molecule has 0 saturated heterocycles. The molecular formula is C43H64N4O4. The number of rotatable bonds is 15. The van der Waals surface area contributed by atoms with Crippen molar-refractivity contribution in [3.8, 4) is 22.5 Å². The Balaban J connectivity index is 1.57. The normalized spacial score (nSPS) is 15.7. The van der Waals surface area contributed by atoms with Crippen molar-refractivity contribution in [2.75, 3.05) is 13.2 Å². The average molecular weight is 701 g/mol. The van der Waals surface area contributed by atoms with Crippen molar-refractivity contribution in [1.82, 2.24) is 20.3 Å². The van der Waals surface area contributed by atoms with E-state index in [-0.39, 0.29) is 16.6 Å². The summed E-state index contributed by atoms with van der Waals surface area (Å²) >= 11 is 0. The molecule has 1 heterocycles. The van der Waals surface area contributed by atoms with Crippen LogP contribution >= 0.6 is 0 Å². The SMILES string of the molecule is CC(C)CCCNC(=O)OC1Cc2ccccc2-c2nnn(C(C)(C)CCOC(C)(C)C(=O)CC(C)(C)CC(C)C(C)(C)C)c2-c2ccccc21. The quantitative estimate of drug-likeness (QED) is 0.159. The van der Waals surface area contributed by atoms with Gasteiger partial charge in [-0.15, -0.1) is 5.10 Å². The molecule has 1 aliphatic carbocycles. The zero-order valence-corrected chi connectivity index (χ0v) is 33.5. The van der Waals surface area contributed by atoms with Gasteiger partial charge in [-0.2, -0.15) is 0 Å². The Morgan fingerprint density at radius 1 is 0.922 bits per heavy atom. The highest BCUT2D eigenvalue weighted by Gasteiger charge is 2.38. The fraction of sp³-hybridized carbons (Fsp3) is 0.628. The second-order valence-electron chi connectivity index (χ2n) is 18.2. The van der Waals surface area contributed by atoms with Gasteiger partial charge >= 0.3 is 6.09 Å². The average Bonchev–Trinajstić information content (AvgIpc) is 3.47. The van der Waals surface area contributed by atoms with Gasteiger partial charge in [0, 0.05) is 36.1 Å². The van der Waals surface area contributed by atoms with E-state index < -0.39 is 23.3 Å². The third-order valence-electron chi connectivity index (χ3n) is 10.8. The van der Waals surface area contributed by atoms with Gasteiger partial charge in [0.05, 0.1) is 17.8 Å². The molecular weight excluding hydrogens is 636 g/mol. The predicted octanol–water partition coefficient (Wildman–Crippen LogP) is 10.3. The van der Waals surface area contributed by atoms with Crippen LogP contribution in [0.2, 0.25) is 0 Å². The fourth-order valence-corrected chi connectivity index (χ4v) is 6.93. The molecule has 1 amide bonds. The smallest absolute Gasteiger partial charge is 0.407 e. The third-order valence-corrected chi connectivity index (χ3v) is 10.8. The zero-order valence-electron chi connectivity index (χ0n) is 33.5. The topological polar surface area (TPSA) is 95.3 Å². The third kappa shape index (κ3) is 10.3. The highest BCUT2D eigenvalue weighted by atomic mass is 16.6. The first-order valence-corrected chi connectivity index (χ1v) is 19.0. The number of fused-ring (bicyclic) bond motifs is 5. The molecule has 8 heteroatoms. The van der Waals surface area contributed by atoms with Gasteiger partial charge in [-0.05, 0) is 81.6 Å². The number of benzene rings is 2. The summed E-state index contributed by atoms with van der Waals surface area (Å²) in [6.45, 7) is 26.8. The minimum Gasteiger partial charge on any atom is -0.441 e. The highest BCUT2D eigenvalue weighted by Crippen LogP contribution is 2.44. The Labute approximate surface area is 307 Å². The Hall–Kier alpha value is -3.52. The van der Waals surface area contributed by atoms with Crippen LogP contribution in [0.25, 0.3) is 22.5 Å². The van der Waals surface area contributed by atoms with Gasteiger partial charge in [-0.3, -0.25) is 4.79 Å². The molecule has 8 nitrogen and oxygen atoms in total. The Morgan fingerprint density at radius 2 is 1.57 bits per heavy atom. The summed E-state index contributed by atoms with van der Waals surface area (Å²) in [6, 6.07) is 16.3. The maximum absolute atomic E-state index is 13.6. The van der Waals surface area contributed by atoms with Crippen molar-refractivity contribution >= 4 is 11.9 Å². The van der Waals surface area contributed by atoms with E-state index in [1.165, 1.54) is 0 Å². The number of ether oxygens (including phenoxy) is 2. The lowest BCUT2D eigenvalue weighted by Gasteiger charge is -2.36. The number of Topliss-reactive ketones (excluding diaryl/α,β-unsaturated/α-hetero) is 1. The van der Waals surface area contributed by atoms with E-state index in [9.17, 15) is 9.59 Å². The van der Waals surface area contributed by atoms with Crippen LogP contribution in [0.15, 0.2) is 48.5 Å². The first-order chi connectivity index (χ1) is 23.7. The number of aromatic nitrogens is 3. The van der Waals surface area contributed by atoms with Gasteiger partial charge < -0.3 is 14.8 Å². The van der Waals surface area contributed by atoms with Crippen LogP contribution in [0.5, 0.6) is 0 Å². The molecule has 2 atom stereocenters. The number of nitrogens with zero attached hydrogens (tertiary/aromatic N) is 3. The van der Waals surface area contributed by atoms with Gasteiger partial charge in [0.2, 0.25) is 0 Å². The van der Waals surface area contributed by atoms with E-state index in [1.54, 1.807) is 0 Å². The molecule has 280 valence electrons. The van der Waals surface area contributed by atoms with E-state index in [0.29, 0.717) is 44.2 Å². The van der Waals surface area contributed by atoms with E-state index in [0.717, 1.165) is 52.9 Å². The van der Waals surface area contributed by atoms with Crippen LogP contribution < -0.4 is 5.32 Å². The minimum atomic E-state index is -0.916. The van der Waals surface area contributed by atoms with E-state index >= 15 is 0 Å². The number of ketones is 1. The van der Waals surface area contributed by atoms with Crippen LogP contribution in [-0.4, -0.2) is 45.6 Å². The summed E-state index contributed by atoms with van der Waals surface area (Å²) in [5, 5.41) is 12.5. The van der Waals surface area contributed by atoms with Gasteiger partial charge in [-0.25, -0.2) is 9.48 Å². The molecule has 2 aromatic carbocycles. The monoisotopic (exact) mass is 700 g/mol. The summed E-state index contributed by atoms with van der Waals surface area (Å²) in [5.74, 6) is 1.19. The second-order valence-corrected chi connectivity index (χ2v) is 18.2. The van der Waals surface area contributed by atoms with Crippen molar-refractivity contribution in [2.24, 2.45) is 22.7 Å². The molecule has 0 aliphatic heterocycles. The lowest BCUT2D eigenvalue weighted by Crippen LogP contribution is -2.40. The van der Waals surface area contributed by atoms with Crippen molar-refractivity contribution in [3.63, 3.8) is 0 Å². The van der Waals surface area contributed by atoms with Crippen LogP contribution in [0.3, 0.4) is 0 Å². The van der Waals surface area contributed by atoms with E-state index in [4.69, 9.17) is 19.8 Å². The van der Waals surface area contributed by atoms with Crippen LogP contribution in [0, 0.1) is 22.7 Å². The Kier molecular flexibility index (Phi) is 12.6. The van der Waals surface area contributed by atoms with Crippen molar-refractivity contribution in [3.05, 3.63) is 59.7 Å². The lowest BCUT2D eigenvalue weighted by atomic mass is 9.70. The largest absolute Gasteiger partial charge is 0.441 e. The van der Waals surface area contributed by atoms with Crippen LogP contribution in [-0.2, 0) is 26.2 Å². The molecule has 0 radical (unpaired) electrons. The molecule has 0 saturated carbocycles. The molecule has 1 N–H and O–H groups in total. The number of nitrogens with one attached hydrogen (secondary N) is 1. The molecule has 0 spiro atoms. The van der Waals surface area contributed by atoms with Gasteiger partial charge in [0.1, 0.15) is 17.4 Å². The molecule has 1 aromatic heterocycles. The van der Waals surface area contributed by atoms with Gasteiger partial charge in [-0.1, -0.05) is 109 Å².